The lowest BCUT2D eigenvalue weighted by Crippen LogP contribution is -2.38. The monoisotopic (exact) mass is 460 g/mol. The van der Waals surface area contributed by atoms with E-state index in [1.807, 2.05) is 52.4 Å². The van der Waals surface area contributed by atoms with E-state index in [0.717, 1.165) is 33.8 Å². The highest BCUT2D eigenvalue weighted by atomic mass is 35.5. The Balaban J connectivity index is 1.65. The van der Waals surface area contributed by atoms with Gasteiger partial charge in [0.2, 0.25) is 0 Å². The first-order valence-electron chi connectivity index (χ1n) is 10.1. The molecule has 2 aliphatic rings. The molecule has 4 aromatic rings. The maximum absolute atomic E-state index is 13.5. The van der Waals surface area contributed by atoms with Crippen LogP contribution in [0.25, 0.3) is 11.8 Å². The number of halogens is 1. The Morgan fingerprint density at radius 1 is 1.03 bits per heavy atom. The standard InChI is InChI=1S/C25H17ClN2OS2/c26-17-10-7-16(8-11-17)23-20-12-9-15-4-1-2-6-19(15)22(20)27-25-28(23)24(29)21(31-25)14-18-5-3-13-30-18/h1-8,10-11,13-14,23H,9,12H2. The summed E-state index contributed by atoms with van der Waals surface area (Å²) in [5.41, 5.74) is 5.80. The Kier molecular flexibility index (Phi) is 4.56. The molecule has 1 atom stereocenters. The van der Waals surface area contributed by atoms with E-state index in [1.54, 1.807) is 11.3 Å². The van der Waals surface area contributed by atoms with Gasteiger partial charge >= 0.3 is 0 Å². The summed E-state index contributed by atoms with van der Waals surface area (Å²) >= 11 is 9.27. The van der Waals surface area contributed by atoms with Crippen LogP contribution in [0.4, 0.5) is 0 Å². The Morgan fingerprint density at radius 3 is 2.68 bits per heavy atom. The van der Waals surface area contributed by atoms with Crippen LogP contribution in [0.1, 0.15) is 34.0 Å². The molecule has 6 rings (SSSR count). The van der Waals surface area contributed by atoms with Crippen molar-refractivity contribution in [1.82, 2.24) is 4.57 Å². The molecule has 6 heteroatoms. The molecule has 3 heterocycles. The molecule has 0 fully saturated rings. The molecule has 2 aromatic carbocycles. The molecule has 1 unspecified atom stereocenters. The van der Waals surface area contributed by atoms with Crippen molar-refractivity contribution >= 4 is 46.0 Å². The molecule has 0 amide bonds. The van der Waals surface area contributed by atoms with Crippen molar-refractivity contribution in [3.63, 3.8) is 0 Å². The smallest absolute Gasteiger partial charge is 0.271 e. The summed E-state index contributed by atoms with van der Waals surface area (Å²) in [6.45, 7) is 0. The second-order valence-electron chi connectivity index (χ2n) is 7.68. The van der Waals surface area contributed by atoms with E-state index in [0.29, 0.717) is 9.55 Å². The highest BCUT2D eigenvalue weighted by Gasteiger charge is 2.32. The van der Waals surface area contributed by atoms with Crippen LogP contribution in [0.2, 0.25) is 5.02 Å². The molecule has 0 N–H and O–H groups in total. The average molecular weight is 461 g/mol. The minimum atomic E-state index is -0.164. The van der Waals surface area contributed by atoms with Gasteiger partial charge in [0, 0.05) is 15.5 Å². The number of hydrogen-bond acceptors (Lipinski definition) is 4. The zero-order valence-electron chi connectivity index (χ0n) is 16.4. The highest BCUT2D eigenvalue weighted by molar-refractivity contribution is 7.11. The summed E-state index contributed by atoms with van der Waals surface area (Å²) in [5, 5.41) is 2.71. The summed E-state index contributed by atoms with van der Waals surface area (Å²) in [6, 6.07) is 20.2. The molecule has 152 valence electrons. The van der Waals surface area contributed by atoms with Gasteiger partial charge in [0.1, 0.15) is 0 Å². The Hall–Kier alpha value is -2.73. The third-order valence-electron chi connectivity index (χ3n) is 5.88. The number of nitrogens with zero attached hydrogens (tertiary/aromatic N) is 2. The SMILES string of the molecule is O=c1c(=Cc2cccs2)sc2n1C(c1ccc(Cl)cc1)C1=C(N=2)c2ccccc2CC1. The van der Waals surface area contributed by atoms with Gasteiger partial charge in [-0.2, -0.15) is 0 Å². The fourth-order valence-corrected chi connectivity index (χ4v) is 6.32. The number of aryl methyl sites for hydroxylation is 1. The van der Waals surface area contributed by atoms with Gasteiger partial charge in [0.15, 0.2) is 4.80 Å². The van der Waals surface area contributed by atoms with E-state index in [4.69, 9.17) is 16.6 Å². The average Bonchev–Trinajstić information content (AvgIpc) is 3.41. The number of rotatable bonds is 2. The van der Waals surface area contributed by atoms with E-state index in [-0.39, 0.29) is 11.6 Å². The topological polar surface area (TPSA) is 34.4 Å². The van der Waals surface area contributed by atoms with Crippen LogP contribution in [0.5, 0.6) is 0 Å². The number of thiophene rings is 1. The van der Waals surface area contributed by atoms with Crippen LogP contribution >= 0.6 is 34.3 Å². The van der Waals surface area contributed by atoms with Crippen LogP contribution in [0, 0.1) is 0 Å². The van der Waals surface area contributed by atoms with E-state index < -0.39 is 0 Å². The first kappa shape index (κ1) is 19.0. The summed E-state index contributed by atoms with van der Waals surface area (Å²) in [4.78, 5) is 20.4. The second-order valence-corrected chi connectivity index (χ2v) is 10.1. The van der Waals surface area contributed by atoms with Crippen molar-refractivity contribution in [2.45, 2.75) is 18.9 Å². The molecule has 3 nitrogen and oxygen atoms in total. The predicted molar refractivity (Wildman–Crippen MR) is 129 cm³/mol. The minimum Gasteiger partial charge on any atom is -0.272 e. The van der Waals surface area contributed by atoms with Crippen LogP contribution < -0.4 is 14.9 Å². The quantitative estimate of drug-likeness (QED) is 0.413. The van der Waals surface area contributed by atoms with E-state index in [2.05, 4.69) is 24.3 Å². The van der Waals surface area contributed by atoms with Crippen molar-refractivity contribution in [3.05, 3.63) is 118 Å². The predicted octanol–water partition coefficient (Wildman–Crippen LogP) is 5.03. The van der Waals surface area contributed by atoms with Gasteiger partial charge in [-0.3, -0.25) is 9.36 Å². The van der Waals surface area contributed by atoms with Crippen molar-refractivity contribution < 1.29 is 0 Å². The van der Waals surface area contributed by atoms with E-state index >= 15 is 0 Å². The maximum atomic E-state index is 13.5. The lowest BCUT2D eigenvalue weighted by Gasteiger charge is -2.30. The summed E-state index contributed by atoms with van der Waals surface area (Å²) < 4.78 is 2.59. The molecule has 0 spiro atoms. The van der Waals surface area contributed by atoms with Crippen molar-refractivity contribution in [3.8, 4) is 0 Å². The number of hydrogen-bond donors (Lipinski definition) is 0. The van der Waals surface area contributed by atoms with Crippen molar-refractivity contribution in [2.24, 2.45) is 4.99 Å². The van der Waals surface area contributed by atoms with Gasteiger partial charge in [0.25, 0.3) is 5.56 Å². The fourth-order valence-electron chi connectivity index (χ4n) is 4.47. The number of benzene rings is 2. The zero-order valence-corrected chi connectivity index (χ0v) is 18.8. The third kappa shape index (κ3) is 3.16. The van der Waals surface area contributed by atoms with Gasteiger partial charge in [-0.15, -0.1) is 11.3 Å². The number of allylic oxidation sites excluding steroid dienone is 1. The second kappa shape index (κ2) is 7.45. The van der Waals surface area contributed by atoms with Gasteiger partial charge in [-0.05, 0) is 59.2 Å². The molecule has 0 radical (unpaired) electrons. The van der Waals surface area contributed by atoms with Crippen molar-refractivity contribution in [2.75, 3.05) is 0 Å². The van der Waals surface area contributed by atoms with Crippen LogP contribution in [-0.4, -0.2) is 4.57 Å². The van der Waals surface area contributed by atoms with Crippen molar-refractivity contribution in [1.29, 1.82) is 0 Å². The molecular formula is C25H17ClN2OS2. The number of fused-ring (bicyclic) bond motifs is 3. The van der Waals surface area contributed by atoms with Crippen LogP contribution in [0.3, 0.4) is 0 Å². The zero-order chi connectivity index (χ0) is 20.9. The summed E-state index contributed by atoms with van der Waals surface area (Å²) in [5.74, 6) is 0. The molecule has 0 saturated carbocycles. The molecule has 1 aliphatic heterocycles. The minimum absolute atomic E-state index is 0.0162. The summed E-state index contributed by atoms with van der Waals surface area (Å²) in [6.07, 6.45) is 3.82. The summed E-state index contributed by atoms with van der Waals surface area (Å²) in [7, 11) is 0. The van der Waals surface area contributed by atoms with Gasteiger partial charge in [-0.25, -0.2) is 4.99 Å². The normalized spacial score (nSPS) is 17.7. The first-order valence-corrected chi connectivity index (χ1v) is 12.2. The maximum Gasteiger partial charge on any atom is 0.271 e. The molecule has 0 bridgehead atoms. The Morgan fingerprint density at radius 2 is 1.87 bits per heavy atom. The molecule has 2 aromatic heterocycles. The fraction of sp³-hybridized carbons (Fsp3) is 0.120. The molecule has 1 aliphatic carbocycles. The van der Waals surface area contributed by atoms with Crippen LogP contribution in [-0.2, 0) is 6.42 Å². The number of aromatic nitrogens is 1. The largest absolute Gasteiger partial charge is 0.272 e. The van der Waals surface area contributed by atoms with E-state index in [1.165, 1.54) is 28.0 Å². The Bertz CT molecular complexity index is 1510. The third-order valence-corrected chi connectivity index (χ3v) is 7.93. The lowest BCUT2D eigenvalue weighted by atomic mass is 9.83. The molecular weight excluding hydrogens is 444 g/mol. The van der Waals surface area contributed by atoms with E-state index in [9.17, 15) is 4.79 Å². The van der Waals surface area contributed by atoms with Gasteiger partial charge < -0.3 is 0 Å². The molecule has 0 saturated heterocycles. The van der Waals surface area contributed by atoms with Gasteiger partial charge in [0.05, 0.1) is 16.3 Å². The molecule has 31 heavy (non-hydrogen) atoms. The Labute approximate surface area is 191 Å². The van der Waals surface area contributed by atoms with Crippen LogP contribution in [0.15, 0.2) is 81.4 Å². The lowest BCUT2D eigenvalue weighted by molar-refractivity contribution is 0.585. The number of thiazole rings is 1. The highest BCUT2D eigenvalue weighted by Crippen LogP contribution is 2.41. The van der Waals surface area contributed by atoms with Gasteiger partial charge in [-0.1, -0.05) is 65.4 Å². The first-order chi connectivity index (χ1) is 15.2.